The van der Waals surface area contributed by atoms with Crippen LogP contribution in [-0.4, -0.2) is 16.8 Å². The number of carbonyl (C=O) groups excluding carboxylic acids is 1. The van der Waals surface area contributed by atoms with Crippen LogP contribution in [0.4, 0.5) is 5.69 Å². The molecular formula is C15H16Br2N2OS. The summed E-state index contributed by atoms with van der Waals surface area (Å²) in [5.41, 5.74) is 7.67. The number of hydrogen-bond acceptors (Lipinski definition) is 3. The van der Waals surface area contributed by atoms with Gasteiger partial charge in [-0.05, 0) is 63.4 Å². The van der Waals surface area contributed by atoms with Gasteiger partial charge in [0.2, 0.25) is 0 Å². The van der Waals surface area contributed by atoms with Gasteiger partial charge in [0.25, 0.3) is 5.91 Å². The molecule has 0 radical (unpaired) electrons. The number of thiophene rings is 1. The summed E-state index contributed by atoms with van der Waals surface area (Å²) in [6, 6.07) is 9.59. The molecule has 0 saturated heterocycles. The van der Waals surface area contributed by atoms with Crippen LogP contribution in [0.2, 0.25) is 0 Å². The number of nitrogens with two attached hydrogens (primary N) is 1. The number of benzene rings is 1. The molecule has 112 valence electrons. The highest BCUT2D eigenvalue weighted by molar-refractivity contribution is 9.13. The summed E-state index contributed by atoms with van der Waals surface area (Å²) < 4.78 is 1.83. The Hall–Kier alpha value is -0.850. The molecular weight excluding hydrogens is 416 g/mol. The number of nitrogens with zero attached hydrogens (tertiary/aromatic N) is 1. The van der Waals surface area contributed by atoms with E-state index in [4.69, 9.17) is 5.73 Å². The lowest BCUT2D eigenvalue weighted by molar-refractivity contribution is 0.0696. The molecule has 3 nitrogen and oxygen atoms in total. The van der Waals surface area contributed by atoms with Gasteiger partial charge in [0.05, 0.1) is 8.66 Å². The Morgan fingerprint density at radius 2 is 2.00 bits per heavy atom. The van der Waals surface area contributed by atoms with Crippen molar-refractivity contribution in [3.63, 3.8) is 0 Å². The van der Waals surface area contributed by atoms with E-state index in [1.165, 1.54) is 11.3 Å². The largest absolute Gasteiger partial charge is 0.398 e. The molecule has 1 heterocycles. The Kier molecular flexibility index (Phi) is 5.46. The van der Waals surface area contributed by atoms with Crippen LogP contribution in [0, 0.1) is 0 Å². The molecule has 2 aromatic rings. The number of anilines is 1. The second kappa shape index (κ2) is 6.94. The third kappa shape index (κ3) is 3.87. The van der Waals surface area contributed by atoms with E-state index < -0.39 is 0 Å². The Morgan fingerprint density at radius 3 is 2.52 bits per heavy atom. The smallest absolute Gasteiger partial charge is 0.264 e. The standard InChI is InChI=1S/C15H16Br2N2OS/c1-9(2)19(8-10-5-3-4-6-12(10)18)15(20)13-7-11(16)14(17)21-13/h3-7,9H,8,18H2,1-2H3. The zero-order valence-corrected chi connectivity index (χ0v) is 15.8. The highest BCUT2D eigenvalue weighted by Crippen LogP contribution is 2.33. The predicted octanol–water partition coefficient (Wildman–Crippen LogP) is 4.91. The van der Waals surface area contributed by atoms with Crippen LogP contribution in [0.3, 0.4) is 0 Å². The van der Waals surface area contributed by atoms with Gasteiger partial charge in [-0.1, -0.05) is 18.2 Å². The monoisotopic (exact) mass is 430 g/mol. The van der Waals surface area contributed by atoms with Gasteiger partial charge in [0.15, 0.2) is 0 Å². The number of rotatable bonds is 4. The second-order valence-electron chi connectivity index (χ2n) is 4.96. The van der Waals surface area contributed by atoms with Crippen LogP contribution in [0.5, 0.6) is 0 Å². The van der Waals surface area contributed by atoms with E-state index >= 15 is 0 Å². The minimum Gasteiger partial charge on any atom is -0.398 e. The van der Waals surface area contributed by atoms with Crippen molar-refractivity contribution < 1.29 is 4.79 Å². The summed E-state index contributed by atoms with van der Waals surface area (Å²) in [6.45, 7) is 4.53. The number of carbonyl (C=O) groups is 1. The minimum absolute atomic E-state index is 0.0182. The molecule has 0 saturated carbocycles. The summed E-state index contributed by atoms with van der Waals surface area (Å²) in [6.07, 6.45) is 0. The molecule has 1 amide bonds. The van der Waals surface area contributed by atoms with Crippen LogP contribution < -0.4 is 5.73 Å². The van der Waals surface area contributed by atoms with Crippen LogP contribution in [0.25, 0.3) is 0 Å². The molecule has 2 N–H and O–H groups in total. The fourth-order valence-electron chi connectivity index (χ4n) is 1.94. The summed E-state index contributed by atoms with van der Waals surface area (Å²) >= 11 is 8.28. The van der Waals surface area contributed by atoms with Crippen molar-refractivity contribution in [3.8, 4) is 0 Å². The summed E-state index contributed by atoms with van der Waals surface area (Å²) in [4.78, 5) is 15.3. The minimum atomic E-state index is 0.0182. The Morgan fingerprint density at radius 1 is 1.33 bits per heavy atom. The van der Waals surface area contributed by atoms with E-state index in [-0.39, 0.29) is 11.9 Å². The van der Waals surface area contributed by atoms with Crippen molar-refractivity contribution in [2.24, 2.45) is 0 Å². The van der Waals surface area contributed by atoms with Crippen molar-refractivity contribution in [2.45, 2.75) is 26.4 Å². The molecule has 2 rings (SSSR count). The highest BCUT2D eigenvalue weighted by Gasteiger charge is 2.22. The maximum atomic E-state index is 12.7. The van der Waals surface area contributed by atoms with Gasteiger partial charge in [0.1, 0.15) is 0 Å². The third-order valence-electron chi connectivity index (χ3n) is 3.14. The molecule has 0 unspecified atom stereocenters. The molecule has 0 spiro atoms. The first-order valence-corrected chi connectivity index (χ1v) is 8.89. The number of amides is 1. The van der Waals surface area contributed by atoms with Crippen molar-refractivity contribution in [1.29, 1.82) is 0 Å². The topological polar surface area (TPSA) is 46.3 Å². The van der Waals surface area contributed by atoms with Gasteiger partial charge in [-0.2, -0.15) is 0 Å². The van der Waals surface area contributed by atoms with Gasteiger partial charge in [-0.3, -0.25) is 4.79 Å². The van der Waals surface area contributed by atoms with E-state index in [2.05, 4.69) is 31.9 Å². The average molecular weight is 432 g/mol. The first-order valence-electron chi connectivity index (χ1n) is 6.49. The van der Waals surface area contributed by atoms with E-state index in [0.29, 0.717) is 17.1 Å². The van der Waals surface area contributed by atoms with Crippen LogP contribution in [0.1, 0.15) is 29.1 Å². The lowest BCUT2D eigenvalue weighted by atomic mass is 10.1. The predicted molar refractivity (Wildman–Crippen MR) is 95.6 cm³/mol. The quantitative estimate of drug-likeness (QED) is 0.699. The lowest BCUT2D eigenvalue weighted by Gasteiger charge is -2.27. The van der Waals surface area contributed by atoms with Crippen molar-refractivity contribution in [1.82, 2.24) is 4.90 Å². The van der Waals surface area contributed by atoms with E-state index in [9.17, 15) is 4.79 Å². The fourth-order valence-corrected chi connectivity index (χ4v) is 3.94. The molecule has 6 heteroatoms. The maximum Gasteiger partial charge on any atom is 0.264 e. The molecule has 0 bridgehead atoms. The van der Waals surface area contributed by atoms with Crippen molar-refractivity contribution >= 4 is 54.8 Å². The first-order chi connectivity index (χ1) is 9.90. The molecule has 0 fully saturated rings. The second-order valence-corrected chi connectivity index (χ2v) is 8.18. The van der Waals surface area contributed by atoms with E-state index in [1.807, 2.05) is 49.1 Å². The molecule has 21 heavy (non-hydrogen) atoms. The third-order valence-corrected chi connectivity index (χ3v) is 6.38. The Balaban J connectivity index is 2.27. The molecule has 1 aromatic carbocycles. The molecule has 0 aliphatic carbocycles. The SMILES string of the molecule is CC(C)N(Cc1ccccc1N)C(=O)c1cc(Br)c(Br)s1. The molecule has 0 aliphatic heterocycles. The van der Waals surface area contributed by atoms with Gasteiger partial charge in [0, 0.05) is 22.7 Å². The Bertz CT molecular complexity index is 635. The summed E-state index contributed by atoms with van der Waals surface area (Å²) in [5, 5.41) is 0. The molecule has 0 aliphatic rings. The van der Waals surface area contributed by atoms with Crippen molar-refractivity contribution in [3.05, 3.63) is 49.0 Å². The van der Waals surface area contributed by atoms with E-state index in [1.54, 1.807) is 0 Å². The number of hydrogen-bond donors (Lipinski definition) is 1. The van der Waals surface area contributed by atoms with E-state index in [0.717, 1.165) is 13.8 Å². The van der Waals surface area contributed by atoms with Crippen LogP contribution in [0.15, 0.2) is 38.6 Å². The van der Waals surface area contributed by atoms with Gasteiger partial charge in [-0.25, -0.2) is 0 Å². The lowest BCUT2D eigenvalue weighted by Crippen LogP contribution is -2.36. The zero-order valence-electron chi connectivity index (χ0n) is 11.8. The average Bonchev–Trinajstić information content (AvgIpc) is 2.77. The Labute approximate surface area is 145 Å². The molecule has 0 atom stereocenters. The number of halogens is 2. The summed E-state index contributed by atoms with van der Waals surface area (Å²) in [5.74, 6) is 0.0182. The normalized spacial score (nSPS) is 10.9. The van der Waals surface area contributed by atoms with Crippen LogP contribution >= 0.6 is 43.2 Å². The van der Waals surface area contributed by atoms with Gasteiger partial charge in [-0.15, -0.1) is 11.3 Å². The zero-order chi connectivity index (χ0) is 15.6. The van der Waals surface area contributed by atoms with Crippen molar-refractivity contribution in [2.75, 3.05) is 5.73 Å². The first kappa shape index (κ1) is 16.5. The highest BCUT2D eigenvalue weighted by atomic mass is 79.9. The number of para-hydroxylation sites is 1. The maximum absolute atomic E-state index is 12.7. The number of nitrogen functional groups attached to an aromatic ring is 1. The van der Waals surface area contributed by atoms with Crippen LogP contribution in [-0.2, 0) is 6.54 Å². The molecule has 1 aromatic heterocycles. The summed E-state index contributed by atoms with van der Waals surface area (Å²) in [7, 11) is 0. The fraction of sp³-hybridized carbons (Fsp3) is 0.267. The van der Waals surface area contributed by atoms with Gasteiger partial charge < -0.3 is 10.6 Å². The van der Waals surface area contributed by atoms with Gasteiger partial charge >= 0.3 is 0 Å².